The van der Waals surface area contributed by atoms with Crippen molar-refractivity contribution in [2.45, 2.75) is 6.42 Å². The fraction of sp³-hybridized carbons (Fsp3) is 0.500. The Balaban J connectivity index is 1.82. The minimum absolute atomic E-state index is 0.564. The van der Waals surface area contributed by atoms with Crippen LogP contribution in [0.5, 0.6) is 5.75 Å². The van der Waals surface area contributed by atoms with Gasteiger partial charge in [-0.05, 0) is 30.7 Å². The van der Waals surface area contributed by atoms with Crippen molar-refractivity contribution >= 4 is 5.69 Å². The quantitative estimate of drug-likeness (QED) is 0.820. The van der Waals surface area contributed by atoms with E-state index in [0.29, 0.717) is 5.92 Å². The Hall–Kier alpha value is -1.22. The fourth-order valence-electron chi connectivity index (χ4n) is 1.65. The summed E-state index contributed by atoms with van der Waals surface area (Å²) in [5, 5.41) is 3.08. The van der Waals surface area contributed by atoms with E-state index in [2.05, 4.69) is 5.32 Å². The van der Waals surface area contributed by atoms with Gasteiger partial charge in [-0.25, -0.2) is 0 Å². The molecule has 1 heterocycles. The highest BCUT2D eigenvalue weighted by molar-refractivity contribution is 5.45. The molecule has 3 heteroatoms. The van der Waals surface area contributed by atoms with Crippen molar-refractivity contribution in [2.24, 2.45) is 5.92 Å². The van der Waals surface area contributed by atoms with Gasteiger partial charge >= 0.3 is 0 Å². The summed E-state index contributed by atoms with van der Waals surface area (Å²) in [7, 11) is 1.91. The molecule has 1 fully saturated rings. The first-order valence-corrected chi connectivity index (χ1v) is 5.37. The second-order valence-corrected chi connectivity index (χ2v) is 3.81. The zero-order chi connectivity index (χ0) is 10.5. The molecule has 1 aliphatic rings. The van der Waals surface area contributed by atoms with Crippen molar-refractivity contribution in [1.82, 2.24) is 0 Å². The van der Waals surface area contributed by atoms with Gasteiger partial charge in [0.2, 0.25) is 0 Å². The standard InChI is InChI=1S/C12H17NO2/c1-13-11-2-4-12(5-3-11)15-9-10-6-7-14-8-10/h2-5,10,13H,6-9H2,1H3. The number of benzene rings is 1. The molecule has 2 rings (SSSR count). The summed E-state index contributed by atoms with van der Waals surface area (Å²) in [6.07, 6.45) is 1.12. The van der Waals surface area contributed by atoms with E-state index in [9.17, 15) is 0 Å². The lowest BCUT2D eigenvalue weighted by molar-refractivity contribution is 0.167. The van der Waals surface area contributed by atoms with E-state index in [0.717, 1.165) is 37.7 Å². The highest BCUT2D eigenvalue weighted by atomic mass is 16.5. The van der Waals surface area contributed by atoms with Gasteiger partial charge in [0.25, 0.3) is 0 Å². The Morgan fingerprint density at radius 1 is 1.40 bits per heavy atom. The summed E-state index contributed by atoms with van der Waals surface area (Å²) in [4.78, 5) is 0. The van der Waals surface area contributed by atoms with Crippen LogP contribution in [0.4, 0.5) is 5.69 Å². The predicted octanol–water partition coefficient (Wildman–Crippen LogP) is 2.14. The smallest absolute Gasteiger partial charge is 0.119 e. The summed E-state index contributed by atoms with van der Waals surface area (Å²) in [6.45, 7) is 2.49. The minimum Gasteiger partial charge on any atom is -0.493 e. The molecule has 0 saturated carbocycles. The van der Waals surface area contributed by atoms with E-state index in [1.165, 1.54) is 0 Å². The maximum Gasteiger partial charge on any atom is 0.119 e. The molecule has 1 aromatic carbocycles. The lowest BCUT2D eigenvalue weighted by Crippen LogP contribution is -2.11. The van der Waals surface area contributed by atoms with E-state index >= 15 is 0 Å². The molecule has 0 amide bonds. The molecule has 15 heavy (non-hydrogen) atoms. The van der Waals surface area contributed by atoms with Crippen molar-refractivity contribution < 1.29 is 9.47 Å². The summed E-state index contributed by atoms with van der Waals surface area (Å²) in [6, 6.07) is 8.00. The van der Waals surface area contributed by atoms with E-state index in [1.807, 2.05) is 31.3 Å². The van der Waals surface area contributed by atoms with Gasteiger partial charge in [0.1, 0.15) is 5.75 Å². The highest BCUT2D eigenvalue weighted by Crippen LogP contribution is 2.18. The van der Waals surface area contributed by atoms with E-state index < -0.39 is 0 Å². The Morgan fingerprint density at radius 3 is 2.80 bits per heavy atom. The Kier molecular flexibility index (Phi) is 3.45. The Morgan fingerprint density at radius 2 is 2.20 bits per heavy atom. The molecule has 1 atom stereocenters. The normalized spacial score (nSPS) is 20.2. The van der Waals surface area contributed by atoms with Crippen LogP contribution in [0.1, 0.15) is 6.42 Å². The van der Waals surface area contributed by atoms with Gasteiger partial charge < -0.3 is 14.8 Å². The molecular weight excluding hydrogens is 190 g/mol. The number of rotatable bonds is 4. The Labute approximate surface area is 90.4 Å². The number of anilines is 1. The molecule has 1 aromatic rings. The summed E-state index contributed by atoms with van der Waals surface area (Å²) in [5.41, 5.74) is 1.10. The molecule has 0 spiro atoms. The van der Waals surface area contributed by atoms with Crippen molar-refractivity contribution in [3.63, 3.8) is 0 Å². The molecule has 1 aliphatic heterocycles. The average Bonchev–Trinajstić information content (AvgIpc) is 2.80. The second kappa shape index (κ2) is 5.03. The van der Waals surface area contributed by atoms with Gasteiger partial charge in [0.05, 0.1) is 13.2 Å². The summed E-state index contributed by atoms with van der Waals surface area (Å²) in [5.74, 6) is 1.50. The van der Waals surface area contributed by atoms with Gasteiger partial charge in [-0.1, -0.05) is 0 Å². The van der Waals surface area contributed by atoms with Crippen LogP contribution in [0.25, 0.3) is 0 Å². The molecular formula is C12H17NO2. The van der Waals surface area contributed by atoms with Crippen molar-refractivity contribution in [1.29, 1.82) is 0 Å². The monoisotopic (exact) mass is 207 g/mol. The maximum atomic E-state index is 5.68. The van der Waals surface area contributed by atoms with Crippen molar-refractivity contribution in [2.75, 3.05) is 32.2 Å². The maximum absolute atomic E-state index is 5.68. The largest absolute Gasteiger partial charge is 0.493 e. The minimum atomic E-state index is 0.564. The first kappa shape index (κ1) is 10.3. The van der Waals surface area contributed by atoms with Gasteiger partial charge in [-0.15, -0.1) is 0 Å². The SMILES string of the molecule is CNc1ccc(OCC2CCOC2)cc1. The molecule has 0 bridgehead atoms. The molecule has 3 nitrogen and oxygen atoms in total. The van der Waals surface area contributed by atoms with Gasteiger partial charge in [0, 0.05) is 25.3 Å². The molecule has 1 N–H and O–H groups in total. The topological polar surface area (TPSA) is 30.5 Å². The molecule has 0 aliphatic carbocycles. The summed E-state index contributed by atoms with van der Waals surface area (Å²) < 4.78 is 11.0. The van der Waals surface area contributed by atoms with Gasteiger partial charge in [0.15, 0.2) is 0 Å². The van der Waals surface area contributed by atoms with Crippen molar-refractivity contribution in [3.05, 3.63) is 24.3 Å². The third kappa shape index (κ3) is 2.86. The fourth-order valence-corrected chi connectivity index (χ4v) is 1.65. The van der Waals surface area contributed by atoms with Crippen LogP contribution in [0.3, 0.4) is 0 Å². The number of hydrogen-bond donors (Lipinski definition) is 1. The second-order valence-electron chi connectivity index (χ2n) is 3.81. The zero-order valence-electron chi connectivity index (χ0n) is 9.03. The molecule has 1 unspecified atom stereocenters. The lowest BCUT2D eigenvalue weighted by Gasteiger charge is -2.10. The van der Waals surface area contributed by atoms with Crippen LogP contribution in [0, 0.1) is 5.92 Å². The summed E-state index contributed by atoms with van der Waals surface area (Å²) >= 11 is 0. The number of nitrogens with one attached hydrogen (secondary N) is 1. The van der Waals surface area contributed by atoms with Crippen LogP contribution in [-0.4, -0.2) is 26.9 Å². The molecule has 0 radical (unpaired) electrons. The molecule has 82 valence electrons. The average molecular weight is 207 g/mol. The van der Waals surface area contributed by atoms with E-state index in [1.54, 1.807) is 0 Å². The predicted molar refractivity (Wildman–Crippen MR) is 60.4 cm³/mol. The number of ether oxygens (including phenoxy) is 2. The van der Waals surface area contributed by atoms with Crippen LogP contribution < -0.4 is 10.1 Å². The number of hydrogen-bond acceptors (Lipinski definition) is 3. The van der Waals surface area contributed by atoms with Crippen molar-refractivity contribution in [3.8, 4) is 5.75 Å². The lowest BCUT2D eigenvalue weighted by atomic mass is 10.1. The first-order chi connectivity index (χ1) is 7.38. The zero-order valence-corrected chi connectivity index (χ0v) is 9.03. The van der Waals surface area contributed by atoms with E-state index in [-0.39, 0.29) is 0 Å². The van der Waals surface area contributed by atoms with E-state index in [4.69, 9.17) is 9.47 Å². The highest BCUT2D eigenvalue weighted by Gasteiger charge is 2.15. The molecule has 1 saturated heterocycles. The van der Waals surface area contributed by atoms with Crippen LogP contribution in [0.15, 0.2) is 24.3 Å². The van der Waals surface area contributed by atoms with Crippen LogP contribution >= 0.6 is 0 Å². The Bertz CT molecular complexity index is 291. The van der Waals surface area contributed by atoms with Gasteiger partial charge in [-0.2, -0.15) is 0 Å². The first-order valence-electron chi connectivity index (χ1n) is 5.37. The molecule has 0 aromatic heterocycles. The van der Waals surface area contributed by atoms with Crippen LogP contribution in [0.2, 0.25) is 0 Å². The third-order valence-electron chi connectivity index (χ3n) is 2.65. The van der Waals surface area contributed by atoms with Crippen LogP contribution in [-0.2, 0) is 4.74 Å². The van der Waals surface area contributed by atoms with Gasteiger partial charge in [-0.3, -0.25) is 0 Å². The third-order valence-corrected chi connectivity index (χ3v) is 2.65.